The van der Waals surface area contributed by atoms with E-state index in [1.165, 1.54) is 5.56 Å². The van der Waals surface area contributed by atoms with Crippen LogP contribution in [0.3, 0.4) is 0 Å². The maximum absolute atomic E-state index is 6.01. The predicted molar refractivity (Wildman–Crippen MR) is 124 cm³/mol. The van der Waals surface area contributed by atoms with E-state index in [1.54, 1.807) is 14.2 Å². The summed E-state index contributed by atoms with van der Waals surface area (Å²) in [4.78, 5) is 4.38. The molecule has 0 heterocycles. The molecule has 0 aromatic heterocycles. The summed E-state index contributed by atoms with van der Waals surface area (Å²) in [6, 6.07) is 13.7. The van der Waals surface area contributed by atoms with E-state index in [-0.39, 0.29) is 30.1 Å². The fourth-order valence-electron chi connectivity index (χ4n) is 2.58. The zero-order chi connectivity index (χ0) is 19.6. The van der Waals surface area contributed by atoms with Crippen LogP contribution in [0.2, 0.25) is 0 Å². The number of benzene rings is 2. The number of aliphatic imine (C=N–C) groups is 1. The Morgan fingerprint density at radius 2 is 1.86 bits per heavy atom. The van der Waals surface area contributed by atoms with Crippen LogP contribution < -0.4 is 25.3 Å². The molecule has 0 bridgehead atoms. The number of hydrogen-bond donors (Lipinski definition) is 2. The van der Waals surface area contributed by atoms with Gasteiger partial charge in [-0.25, -0.2) is 4.99 Å². The van der Waals surface area contributed by atoms with E-state index in [0.717, 1.165) is 17.7 Å². The molecular weight excluding hydrogens is 469 g/mol. The third-order valence-corrected chi connectivity index (χ3v) is 4.14. The minimum Gasteiger partial charge on any atom is -0.493 e. The highest BCUT2D eigenvalue weighted by molar-refractivity contribution is 14.0. The Labute approximate surface area is 184 Å². The summed E-state index contributed by atoms with van der Waals surface area (Å²) >= 11 is 0. The van der Waals surface area contributed by atoms with Crippen molar-refractivity contribution in [3.8, 4) is 17.2 Å². The van der Waals surface area contributed by atoms with E-state index in [0.29, 0.717) is 30.5 Å². The summed E-state index contributed by atoms with van der Waals surface area (Å²) in [6.07, 6.45) is 0.880. The topological polar surface area (TPSA) is 78.1 Å². The predicted octanol–water partition coefficient (Wildman–Crippen LogP) is 3.89. The van der Waals surface area contributed by atoms with Crippen LogP contribution in [0.4, 0.5) is 0 Å². The second kappa shape index (κ2) is 12.3. The van der Waals surface area contributed by atoms with Gasteiger partial charge in [-0.2, -0.15) is 0 Å². The zero-order valence-corrected chi connectivity index (χ0v) is 19.2. The number of ether oxygens (including phenoxy) is 3. The van der Waals surface area contributed by atoms with E-state index < -0.39 is 0 Å². The molecule has 2 aromatic carbocycles. The van der Waals surface area contributed by atoms with Gasteiger partial charge in [0.05, 0.1) is 27.3 Å². The maximum Gasteiger partial charge on any atom is 0.189 e. The van der Waals surface area contributed by atoms with Gasteiger partial charge >= 0.3 is 0 Å². The molecule has 28 heavy (non-hydrogen) atoms. The Hall–Kier alpha value is -2.16. The number of guanidine groups is 1. The summed E-state index contributed by atoms with van der Waals surface area (Å²) in [5, 5.41) is 3.14. The molecule has 0 aliphatic rings. The quantitative estimate of drug-likeness (QED) is 0.311. The molecule has 7 heteroatoms. The van der Waals surface area contributed by atoms with Crippen molar-refractivity contribution in [1.29, 1.82) is 0 Å². The molecule has 0 saturated heterocycles. The number of rotatable bonds is 9. The normalized spacial score (nSPS) is 11.9. The molecule has 0 saturated carbocycles. The van der Waals surface area contributed by atoms with Crippen LogP contribution in [0.15, 0.2) is 47.5 Å². The van der Waals surface area contributed by atoms with Crippen molar-refractivity contribution in [3.63, 3.8) is 0 Å². The number of methoxy groups -OCH3 is 2. The third-order valence-electron chi connectivity index (χ3n) is 4.14. The Morgan fingerprint density at radius 1 is 1.11 bits per heavy atom. The van der Waals surface area contributed by atoms with Crippen LogP contribution in [0.5, 0.6) is 17.2 Å². The molecule has 0 fully saturated rings. The Morgan fingerprint density at radius 3 is 2.50 bits per heavy atom. The molecule has 2 aromatic rings. The number of nitrogens with two attached hydrogens (primary N) is 1. The van der Waals surface area contributed by atoms with Gasteiger partial charge in [0.25, 0.3) is 0 Å². The highest BCUT2D eigenvalue weighted by atomic mass is 127. The van der Waals surface area contributed by atoms with Crippen LogP contribution in [0, 0.1) is 6.92 Å². The molecule has 3 N–H and O–H groups in total. The third kappa shape index (κ3) is 7.46. The average molecular weight is 499 g/mol. The van der Waals surface area contributed by atoms with Crippen LogP contribution in [0.1, 0.15) is 24.5 Å². The molecule has 1 atom stereocenters. The lowest BCUT2D eigenvalue weighted by molar-refractivity contribution is 0.199. The van der Waals surface area contributed by atoms with Gasteiger partial charge in [0.1, 0.15) is 11.9 Å². The molecule has 0 spiro atoms. The molecule has 0 amide bonds. The van der Waals surface area contributed by atoms with Crippen LogP contribution >= 0.6 is 24.0 Å². The second-order valence-corrected chi connectivity index (χ2v) is 6.24. The maximum atomic E-state index is 6.01. The minimum absolute atomic E-state index is 0. The van der Waals surface area contributed by atoms with E-state index in [2.05, 4.69) is 17.2 Å². The van der Waals surface area contributed by atoms with Gasteiger partial charge in [0.15, 0.2) is 17.5 Å². The highest BCUT2D eigenvalue weighted by Gasteiger charge is 2.09. The number of aryl methyl sites for hydroxylation is 1. The van der Waals surface area contributed by atoms with E-state index >= 15 is 0 Å². The largest absolute Gasteiger partial charge is 0.493 e. The average Bonchev–Trinajstić information content (AvgIpc) is 2.69. The molecule has 0 aliphatic heterocycles. The van der Waals surface area contributed by atoms with Crippen LogP contribution in [0.25, 0.3) is 0 Å². The fourth-order valence-corrected chi connectivity index (χ4v) is 2.58. The lowest BCUT2D eigenvalue weighted by Gasteiger charge is -2.18. The van der Waals surface area contributed by atoms with Gasteiger partial charge < -0.3 is 25.3 Å². The summed E-state index contributed by atoms with van der Waals surface area (Å²) in [6.45, 7) is 5.17. The first-order valence-corrected chi connectivity index (χ1v) is 9.03. The van der Waals surface area contributed by atoms with Crippen molar-refractivity contribution < 1.29 is 14.2 Å². The van der Waals surface area contributed by atoms with Gasteiger partial charge in [-0.3, -0.25) is 0 Å². The van der Waals surface area contributed by atoms with E-state index in [4.69, 9.17) is 19.9 Å². The van der Waals surface area contributed by atoms with Gasteiger partial charge in [0, 0.05) is 0 Å². The highest BCUT2D eigenvalue weighted by Crippen LogP contribution is 2.27. The molecular formula is C21H30IN3O3. The molecule has 0 radical (unpaired) electrons. The first-order chi connectivity index (χ1) is 13.0. The van der Waals surface area contributed by atoms with Crippen LogP contribution in [-0.2, 0) is 6.54 Å². The number of nitrogens with one attached hydrogen (secondary N) is 1. The smallest absolute Gasteiger partial charge is 0.189 e. The lowest BCUT2D eigenvalue weighted by Crippen LogP contribution is -2.39. The number of halogens is 1. The van der Waals surface area contributed by atoms with Crippen molar-refractivity contribution >= 4 is 29.9 Å². The SMILES string of the molecule is CCC(CNC(N)=NCc1ccc(OC)c(OC)c1)Oc1cccc(C)c1.I. The van der Waals surface area contributed by atoms with Crippen molar-refractivity contribution in [1.82, 2.24) is 5.32 Å². The Bertz CT molecular complexity index is 768. The minimum atomic E-state index is 0. The lowest BCUT2D eigenvalue weighted by atomic mass is 10.2. The van der Waals surface area contributed by atoms with Gasteiger partial charge in [-0.05, 0) is 48.7 Å². The second-order valence-electron chi connectivity index (χ2n) is 6.24. The molecule has 2 rings (SSSR count). The molecule has 6 nitrogen and oxygen atoms in total. The van der Waals surface area contributed by atoms with E-state index in [1.807, 2.05) is 49.4 Å². The number of hydrogen-bond acceptors (Lipinski definition) is 4. The molecule has 154 valence electrons. The molecule has 0 aliphatic carbocycles. The summed E-state index contributed by atoms with van der Waals surface area (Å²) in [5.74, 6) is 2.62. The van der Waals surface area contributed by atoms with Crippen molar-refractivity contribution in [3.05, 3.63) is 53.6 Å². The first-order valence-electron chi connectivity index (χ1n) is 9.03. The van der Waals surface area contributed by atoms with Gasteiger partial charge in [-0.15, -0.1) is 24.0 Å². The standard InChI is InChI=1S/C21H29N3O3.HI/c1-5-17(27-18-8-6-7-15(2)11-18)14-24-21(22)23-13-16-9-10-19(25-3)20(12-16)26-4;/h6-12,17H,5,13-14H2,1-4H3,(H3,22,23,24);1H. The monoisotopic (exact) mass is 499 g/mol. The Kier molecular flexibility index (Phi) is 10.5. The first kappa shape index (κ1) is 23.9. The zero-order valence-electron chi connectivity index (χ0n) is 16.9. The summed E-state index contributed by atoms with van der Waals surface area (Å²) in [5.41, 5.74) is 8.16. The van der Waals surface area contributed by atoms with Crippen molar-refractivity contribution in [2.75, 3.05) is 20.8 Å². The molecule has 1 unspecified atom stereocenters. The fraction of sp³-hybridized carbons (Fsp3) is 0.381. The van der Waals surface area contributed by atoms with E-state index in [9.17, 15) is 0 Å². The van der Waals surface area contributed by atoms with Crippen LogP contribution in [-0.4, -0.2) is 32.8 Å². The Balaban J connectivity index is 0.00000392. The van der Waals surface area contributed by atoms with Crippen molar-refractivity contribution in [2.24, 2.45) is 10.7 Å². The number of nitrogens with zero attached hydrogens (tertiary/aromatic N) is 1. The summed E-state index contributed by atoms with van der Waals surface area (Å²) in [7, 11) is 3.22. The summed E-state index contributed by atoms with van der Waals surface area (Å²) < 4.78 is 16.6. The van der Waals surface area contributed by atoms with Gasteiger partial charge in [-0.1, -0.05) is 25.1 Å². The van der Waals surface area contributed by atoms with Gasteiger partial charge in [0.2, 0.25) is 0 Å². The van der Waals surface area contributed by atoms with Crippen molar-refractivity contribution in [2.45, 2.75) is 32.9 Å².